The van der Waals surface area contributed by atoms with Gasteiger partial charge in [-0.05, 0) is 122 Å². The van der Waals surface area contributed by atoms with E-state index >= 15 is 0 Å². The number of aliphatic hydroxyl groups is 2. The first-order valence-corrected chi connectivity index (χ1v) is 14.7. The van der Waals surface area contributed by atoms with E-state index in [9.17, 15) is 30.0 Å². The Labute approximate surface area is 226 Å². The zero-order chi connectivity index (χ0) is 27.4. The van der Waals surface area contributed by atoms with Crippen molar-refractivity contribution in [3.05, 3.63) is 23.8 Å². The Bertz CT molecular complexity index is 1070. The second-order valence-electron chi connectivity index (χ2n) is 13.6. The lowest BCUT2D eigenvalue weighted by Gasteiger charge is -2.62. The first-order valence-electron chi connectivity index (χ1n) is 14.7. The van der Waals surface area contributed by atoms with Crippen LogP contribution in [0.3, 0.4) is 0 Å². The molecular formula is C31H45NO6. The van der Waals surface area contributed by atoms with Crippen LogP contribution < -0.4 is 5.32 Å². The largest absolute Gasteiger partial charge is 0.507 e. The van der Waals surface area contributed by atoms with Crippen LogP contribution in [0.25, 0.3) is 0 Å². The van der Waals surface area contributed by atoms with Gasteiger partial charge in [-0.15, -0.1) is 0 Å². The highest BCUT2D eigenvalue weighted by Crippen LogP contribution is 2.68. The van der Waals surface area contributed by atoms with Crippen LogP contribution in [-0.2, 0) is 4.79 Å². The van der Waals surface area contributed by atoms with E-state index in [0.29, 0.717) is 47.6 Å². The predicted molar refractivity (Wildman–Crippen MR) is 145 cm³/mol. The van der Waals surface area contributed by atoms with Crippen LogP contribution in [0.4, 0.5) is 5.69 Å². The summed E-state index contributed by atoms with van der Waals surface area (Å²) in [5.41, 5.74) is 0.535. The van der Waals surface area contributed by atoms with Crippen LogP contribution in [0.1, 0.15) is 95.3 Å². The smallest absolute Gasteiger partial charge is 0.339 e. The van der Waals surface area contributed by atoms with E-state index in [1.54, 1.807) is 0 Å². The third kappa shape index (κ3) is 4.64. The highest BCUT2D eigenvalue weighted by molar-refractivity contribution is 5.95. The molecule has 0 aromatic heterocycles. The molecule has 0 aliphatic heterocycles. The summed E-state index contributed by atoms with van der Waals surface area (Å²) in [6.07, 6.45) is 8.83. The second-order valence-corrected chi connectivity index (χ2v) is 13.6. The van der Waals surface area contributed by atoms with Crippen molar-refractivity contribution in [2.24, 2.45) is 46.3 Å². The Balaban J connectivity index is 1.23. The number of carboxylic acid groups (broad SMARTS) is 1. The van der Waals surface area contributed by atoms with Gasteiger partial charge in [0.05, 0.1) is 12.2 Å². The molecule has 0 radical (unpaired) electrons. The maximum absolute atomic E-state index is 12.7. The van der Waals surface area contributed by atoms with E-state index < -0.39 is 5.97 Å². The number of benzene rings is 1. The molecule has 210 valence electrons. The molecule has 4 aliphatic carbocycles. The molecule has 5 N–H and O–H groups in total. The molecule has 10 atom stereocenters. The number of aromatic carboxylic acids is 1. The SMILES string of the molecule is C[C@H](CCC(=O)Nc1ccc(O)c(C(=O)O)c1)[C@H]1CC[C@H]2[C@@H]3[C@@H](O)C[C@@H]4C[C@H](O)CC[C@]4(C)[C@H]3CC[C@]12C. The van der Waals surface area contributed by atoms with Gasteiger partial charge in [0, 0.05) is 12.1 Å². The van der Waals surface area contributed by atoms with Gasteiger partial charge in [-0.25, -0.2) is 4.79 Å². The lowest BCUT2D eigenvalue weighted by atomic mass is 9.43. The summed E-state index contributed by atoms with van der Waals surface area (Å²) in [5, 5.41) is 43.4. The van der Waals surface area contributed by atoms with Gasteiger partial charge in [0.1, 0.15) is 11.3 Å². The number of hydrogen-bond acceptors (Lipinski definition) is 5. The standard InChI is InChI=1S/C31H45NO6/c1-17(4-9-27(36)32-19-5-8-25(34)21(16-19)29(37)38)22-6-7-23-28-24(11-13-31(22,23)3)30(2)12-10-20(33)14-18(30)15-26(28)35/h5,8,16-18,20,22-24,26,28,33-35H,4,6-7,9-15H2,1-3H3,(H,32,36)(H,37,38)/t17-,18+,20-,22-,23+,24+,26+,28+,30+,31-/m1/s1. The van der Waals surface area contributed by atoms with E-state index in [1.165, 1.54) is 24.6 Å². The number of fused-ring (bicyclic) bond motifs is 5. The zero-order valence-corrected chi connectivity index (χ0v) is 23.0. The zero-order valence-electron chi connectivity index (χ0n) is 23.0. The van der Waals surface area contributed by atoms with Gasteiger partial charge in [0.15, 0.2) is 0 Å². The minimum atomic E-state index is -1.24. The topological polar surface area (TPSA) is 127 Å². The van der Waals surface area contributed by atoms with Crippen molar-refractivity contribution >= 4 is 17.6 Å². The molecular weight excluding hydrogens is 482 g/mol. The van der Waals surface area contributed by atoms with Crippen LogP contribution in [0.15, 0.2) is 18.2 Å². The summed E-state index contributed by atoms with van der Waals surface area (Å²) in [6, 6.07) is 4.08. The van der Waals surface area contributed by atoms with Crippen molar-refractivity contribution in [2.75, 3.05) is 5.32 Å². The molecule has 5 rings (SSSR count). The number of anilines is 1. The number of carbonyl (C=O) groups excluding carboxylic acids is 1. The third-order valence-electron chi connectivity index (χ3n) is 11.8. The number of aliphatic hydroxyl groups excluding tert-OH is 2. The van der Waals surface area contributed by atoms with E-state index in [-0.39, 0.29) is 40.3 Å². The maximum atomic E-state index is 12.7. The molecule has 0 heterocycles. The average molecular weight is 528 g/mol. The third-order valence-corrected chi connectivity index (χ3v) is 11.8. The van der Waals surface area contributed by atoms with E-state index in [0.717, 1.165) is 51.4 Å². The molecule has 4 aliphatic rings. The van der Waals surface area contributed by atoms with Gasteiger partial charge in [0.25, 0.3) is 0 Å². The number of hydrogen-bond donors (Lipinski definition) is 5. The molecule has 0 saturated heterocycles. The number of carbonyl (C=O) groups is 2. The minimum absolute atomic E-state index is 0.150. The monoisotopic (exact) mass is 527 g/mol. The number of nitrogens with one attached hydrogen (secondary N) is 1. The minimum Gasteiger partial charge on any atom is -0.507 e. The lowest BCUT2D eigenvalue weighted by molar-refractivity contribution is -0.174. The summed E-state index contributed by atoms with van der Waals surface area (Å²) >= 11 is 0. The molecule has 0 bridgehead atoms. The molecule has 38 heavy (non-hydrogen) atoms. The van der Waals surface area contributed by atoms with Gasteiger partial charge in [0.2, 0.25) is 5.91 Å². The number of carboxylic acids is 1. The molecule has 4 fully saturated rings. The molecule has 7 nitrogen and oxygen atoms in total. The summed E-state index contributed by atoms with van der Waals surface area (Å²) in [5.74, 6) is 0.969. The van der Waals surface area contributed by atoms with Crippen molar-refractivity contribution < 1.29 is 30.0 Å². The van der Waals surface area contributed by atoms with Crippen molar-refractivity contribution in [3.63, 3.8) is 0 Å². The van der Waals surface area contributed by atoms with Crippen LogP contribution in [0.2, 0.25) is 0 Å². The fraction of sp³-hybridized carbons (Fsp3) is 0.742. The predicted octanol–water partition coefficient (Wildman–Crippen LogP) is 5.44. The number of aromatic hydroxyl groups is 1. The molecule has 0 unspecified atom stereocenters. The summed E-state index contributed by atoms with van der Waals surface area (Å²) in [6.45, 7) is 7.15. The maximum Gasteiger partial charge on any atom is 0.339 e. The van der Waals surface area contributed by atoms with Crippen LogP contribution in [0, 0.1) is 46.3 Å². The molecule has 1 aromatic rings. The van der Waals surface area contributed by atoms with E-state index in [2.05, 4.69) is 26.1 Å². The van der Waals surface area contributed by atoms with E-state index in [4.69, 9.17) is 0 Å². The average Bonchev–Trinajstić information content (AvgIpc) is 3.22. The fourth-order valence-corrected chi connectivity index (χ4v) is 9.74. The Hall–Kier alpha value is -2.12. The Morgan fingerprint density at radius 2 is 1.74 bits per heavy atom. The van der Waals surface area contributed by atoms with Crippen molar-refractivity contribution in [3.8, 4) is 5.75 Å². The Morgan fingerprint density at radius 3 is 2.47 bits per heavy atom. The fourth-order valence-electron chi connectivity index (χ4n) is 9.74. The van der Waals surface area contributed by atoms with Crippen molar-refractivity contribution in [1.82, 2.24) is 0 Å². The number of phenols is 1. The van der Waals surface area contributed by atoms with Crippen LogP contribution in [-0.4, -0.2) is 44.5 Å². The highest BCUT2D eigenvalue weighted by Gasteiger charge is 2.62. The van der Waals surface area contributed by atoms with Crippen molar-refractivity contribution in [2.45, 2.75) is 97.2 Å². The first-order chi connectivity index (χ1) is 17.9. The quantitative estimate of drug-likeness (QED) is 0.314. The van der Waals surface area contributed by atoms with Crippen LogP contribution >= 0.6 is 0 Å². The second kappa shape index (κ2) is 10.1. The summed E-state index contributed by atoms with van der Waals surface area (Å²) in [7, 11) is 0. The van der Waals surface area contributed by atoms with Gasteiger partial charge < -0.3 is 25.7 Å². The van der Waals surface area contributed by atoms with Gasteiger partial charge in [-0.3, -0.25) is 4.79 Å². The van der Waals surface area contributed by atoms with Gasteiger partial charge in [-0.2, -0.15) is 0 Å². The van der Waals surface area contributed by atoms with Crippen LogP contribution in [0.5, 0.6) is 5.75 Å². The molecule has 1 aromatic carbocycles. The normalized spacial score (nSPS) is 40.9. The van der Waals surface area contributed by atoms with E-state index in [1.807, 2.05) is 0 Å². The Morgan fingerprint density at radius 1 is 1.03 bits per heavy atom. The molecule has 1 amide bonds. The molecule has 4 saturated carbocycles. The highest BCUT2D eigenvalue weighted by atomic mass is 16.4. The summed E-state index contributed by atoms with van der Waals surface area (Å²) < 4.78 is 0. The Kier molecular flexibility index (Phi) is 7.31. The molecule has 7 heteroatoms. The lowest BCUT2D eigenvalue weighted by Crippen LogP contribution is -2.58. The molecule has 0 spiro atoms. The number of rotatable bonds is 6. The summed E-state index contributed by atoms with van der Waals surface area (Å²) in [4.78, 5) is 24.0. The van der Waals surface area contributed by atoms with Gasteiger partial charge in [-0.1, -0.05) is 20.8 Å². The first kappa shape index (κ1) is 27.4. The number of amides is 1. The van der Waals surface area contributed by atoms with Gasteiger partial charge >= 0.3 is 5.97 Å². The van der Waals surface area contributed by atoms with Crippen molar-refractivity contribution in [1.29, 1.82) is 0 Å².